The molecule has 3 heterocycles. The molecule has 0 saturated carbocycles. The van der Waals surface area contributed by atoms with Crippen LogP contribution in [0.25, 0.3) is 22.0 Å². The van der Waals surface area contributed by atoms with Gasteiger partial charge in [0.1, 0.15) is 17.5 Å². The van der Waals surface area contributed by atoms with Gasteiger partial charge < -0.3 is 14.9 Å². The Balaban J connectivity index is 1.76. The quantitative estimate of drug-likeness (QED) is 0.378. The van der Waals surface area contributed by atoms with Gasteiger partial charge in [-0.15, -0.1) is 11.8 Å². The summed E-state index contributed by atoms with van der Waals surface area (Å²) >= 11 is 7.35. The number of halogens is 3. The van der Waals surface area contributed by atoms with Crippen molar-refractivity contribution in [3.8, 4) is 11.1 Å². The van der Waals surface area contributed by atoms with Gasteiger partial charge in [0.05, 0.1) is 23.2 Å². The lowest BCUT2D eigenvalue weighted by atomic mass is 9.97. The molecule has 38 heavy (non-hydrogen) atoms. The highest BCUT2D eigenvalue weighted by Gasteiger charge is 2.34. The van der Waals surface area contributed by atoms with Crippen LogP contribution in [0.4, 0.5) is 14.6 Å². The van der Waals surface area contributed by atoms with Crippen LogP contribution in [0.15, 0.2) is 40.5 Å². The van der Waals surface area contributed by atoms with Crippen LogP contribution >= 0.6 is 23.4 Å². The average Bonchev–Trinajstić information content (AvgIpc) is 3.03. The van der Waals surface area contributed by atoms with E-state index in [1.807, 2.05) is 31.7 Å². The first-order valence-corrected chi connectivity index (χ1v) is 13.6. The van der Waals surface area contributed by atoms with Gasteiger partial charge in [-0.1, -0.05) is 18.2 Å². The Morgan fingerprint density at radius 1 is 1.18 bits per heavy atom. The van der Waals surface area contributed by atoms with Crippen molar-refractivity contribution in [3.63, 3.8) is 0 Å². The molecule has 2 aliphatic heterocycles. The van der Waals surface area contributed by atoms with Crippen molar-refractivity contribution in [2.45, 2.75) is 50.4 Å². The van der Waals surface area contributed by atoms with Gasteiger partial charge in [0.2, 0.25) is 5.91 Å². The molecule has 2 aliphatic rings. The molecule has 1 saturated heterocycles. The third kappa shape index (κ3) is 4.38. The van der Waals surface area contributed by atoms with E-state index in [2.05, 4.69) is 11.6 Å². The van der Waals surface area contributed by atoms with E-state index in [0.717, 1.165) is 6.07 Å². The third-order valence-corrected chi connectivity index (χ3v) is 8.66. The highest BCUT2D eigenvalue weighted by molar-refractivity contribution is 7.99. The molecule has 3 atom stereocenters. The minimum atomic E-state index is -0.860. The number of amides is 1. The molecule has 0 bridgehead atoms. The summed E-state index contributed by atoms with van der Waals surface area (Å²) in [4.78, 5) is 34.6. The van der Waals surface area contributed by atoms with Crippen molar-refractivity contribution in [1.82, 2.24) is 14.5 Å². The first-order chi connectivity index (χ1) is 18.0. The van der Waals surface area contributed by atoms with E-state index < -0.39 is 23.4 Å². The lowest BCUT2D eigenvalue weighted by Crippen LogP contribution is -2.58. The van der Waals surface area contributed by atoms with E-state index in [4.69, 9.17) is 11.6 Å². The number of piperazine rings is 1. The average molecular weight is 561 g/mol. The molecular formula is C27H27ClF2N4O3S. The number of aromatic nitrogens is 2. The summed E-state index contributed by atoms with van der Waals surface area (Å²) in [6.07, 6.45) is 0.470. The number of anilines is 1. The Labute approximate surface area is 227 Å². The number of aliphatic hydroxyl groups excluding tert-OH is 1. The van der Waals surface area contributed by atoms with Gasteiger partial charge in [-0.3, -0.25) is 9.36 Å². The summed E-state index contributed by atoms with van der Waals surface area (Å²) in [7, 11) is 0. The zero-order valence-electron chi connectivity index (χ0n) is 21.2. The van der Waals surface area contributed by atoms with E-state index in [0.29, 0.717) is 45.8 Å². The first kappa shape index (κ1) is 26.6. The lowest BCUT2D eigenvalue weighted by molar-refractivity contribution is -0.130. The van der Waals surface area contributed by atoms with Crippen LogP contribution in [0.2, 0.25) is 5.02 Å². The minimum absolute atomic E-state index is 0.0339. The molecule has 1 aromatic heterocycles. The fraction of sp³-hybridized carbons (Fsp3) is 0.370. The van der Waals surface area contributed by atoms with Crippen LogP contribution in [-0.4, -0.2) is 62.5 Å². The predicted molar refractivity (Wildman–Crippen MR) is 146 cm³/mol. The molecule has 0 aliphatic carbocycles. The Kier molecular flexibility index (Phi) is 7.00. The summed E-state index contributed by atoms with van der Waals surface area (Å²) in [5.74, 6) is -1.05. The van der Waals surface area contributed by atoms with E-state index in [9.17, 15) is 19.1 Å². The van der Waals surface area contributed by atoms with Crippen LogP contribution < -0.4 is 10.6 Å². The van der Waals surface area contributed by atoms with Gasteiger partial charge in [-0.05, 0) is 44.5 Å². The number of rotatable bonds is 3. The second-order valence-electron chi connectivity index (χ2n) is 9.89. The molecule has 200 valence electrons. The standard InChI is InChI=1S/C27H27ClF2N4O3S/c1-5-22(36)34-14(3)9-32(10-15(34)4)26-18-6-13(2)23(17-7-19(28)21(30)8-20(17)29)25-24(18)33(27(37)31-26)11-16(35)12-38-25/h5-8,14-16,35H,1,9-12H2,2-4H3/t14-,15+,16?. The molecule has 11 heteroatoms. The maximum atomic E-state index is 15.1. The minimum Gasteiger partial charge on any atom is -0.390 e. The number of benzene rings is 2. The maximum Gasteiger partial charge on any atom is 0.350 e. The summed E-state index contributed by atoms with van der Waals surface area (Å²) < 4.78 is 30.5. The van der Waals surface area contributed by atoms with E-state index in [1.165, 1.54) is 28.5 Å². The second kappa shape index (κ2) is 9.98. The maximum absolute atomic E-state index is 15.1. The Hall–Kier alpha value is -2.95. The largest absolute Gasteiger partial charge is 0.390 e. The number of aryl methyl sites for hydroxylation is 1. The molecule has 1 unspecified atom stereocenters. The molecule has 0 radical (unpaired) electrons. The van der Waals surface area contributed by atoms with Crippen molar-refractivity contribution in [1.29, 1.82) is 0 Å². The predicted octanol–water partition coefficient (Wildman–Crippen LogP) is 4.38. The van der Waals surface area contributed by atoms with Crippen LogP contribution in [0.3, 0.4) is 0 Å². The van der Waals surface area contributed by atoms with Crippen LogP contribution in [-0.2, 0) is 11.3 Å². The van der Waals surface area contributed by atoms with Crippen LogP contribution in [0.5, 0.6) is 0 Å². The molecular weight excluding hydrogens is 534 g/mol. The number of carbonyl (C=O) groups excluding carboxylic acids is 1. The zero-order valence-corrected chi connectivity index (χ0v) is 22.7. The monoisotopic (exact) mass is 560 g/mol. The summed E-state index contributed by atoms with van der Waals surface area (Å²) in [6, 6.07) is 3.53. The normalized spacial score (nSPS) is 21.5. The van der Waals surface area contributed by atoms with Gasteiger partial charge in [-0.25, -0.2) is 13.6 Å². The van der Waals surface area contributed by atoms with Gasteiger partial charge in [0, 0.05) is 58.4 Å². The topological polar surface area (TPSA) is 78.7 Å². The van der Waals surface area contributed by atoms with Gasteiger partial charge in [0.25, 0.3) is 0 Å². The first-order valence-electron chi connectivity index (χ1n) is 12.2. The highest BCUT2D eigenvalue weighted by Crippen LogP contribution is 2.44. The Morgan fingerprint density at radius 3 is 2.53 bits per heavy atom. The Bertz CT molecular complexity index is 1530. The smallest absolute Gasteiger partial charge is 0.350 e. The van der Waals surface area contributed by atoms with Crippen molar-refractivity contribution in [3.05, 3.63) is 63.6 Å². The molecule has 1 fully saturated rings. The summed E-state index contributed by atoms with van der Waals surface area (Å²) in [5, 5.41) is 11.1. The van der Waals surface area contributed by atoms with E-state index >= 15 is 4.39 Å². The van der Waals surface area contributed by atoms with Crippen molar-refractivity contribution in [2.24, 2.45) is 0 Å². The zero-order chi connectivity index (χ0) is 27.5. The van der Waals surface area contributed by atoms with Crippen LogP contribution in [0.1, 0.15) is 19.4 Å². The molecule has 5 rings (SSSR count). The number of hydrogen-bond acceptors (Lipinski definition) is 6. The van der Waals surface area contributed by atoms with Gasteiger partial charge in [-0.2, -0.15) is 4.98 Å². The molecule has 7 nitrogen and oxygen atoms in total. The third-order valence-electron chi connectivity index (χ3n) is 7.14. The van der Waals surface area contributed by atoms with Crippen molar-refractivity contribution >= 4 is 46.0 Å². The summed E-state index contributed by atoms with van der Waals surface area (Å²) in [5.41, 5.74) is 1.29. The number of hydrogen-bond donors (Lipinski definition) is 1. The molecule has 1 N–H and O–H groups in total. The van der Waals surface area contributed by atoms with E-state index in [-0.39, 0.29) is 40.9 Å². The SMILES string of the molecule is C=CC(=O)N1[C@H](C)CN(c2nc(=O)n3c4c(c(-c5cc(Cl)c(F)cc5F)c(C)cc24)SCC(O)C3)C[C@@H]1C. The number of thioether (sulfide) groups is 1. The summed E-state index contributed by atoms with van der Waals surface area (Å²) in [6.45, 7) is 10.2. The number of aliphatic hydroxyl groups is 1. The molecule has 2 aromatic carbocycles. The van der Waals surface area contributed by atoms with E-state index in [1.54, 1.807) is 4.90 Å². The Morgan fingerprint density at radius 2 is 1.87 bits per heavy atom. The number of nitrogens with zero attached hydrogens (tertiary/aromatic N) is 4. The van der Waals surface area contributed by atoms with Gasteiger partial charge >= 0.3 is 5.69 Å². The van der Waals surface area contributed by atoms with Crippen molar-refractivity contribution < 1.29 is 18.7 Å². The van der Waals surface area contributed by atoms with Crippen molar-refractivity contribution in [2.75, 3.05) is 23.7 Å². The second-order valence-corrected chi connectivity index (χ2v) is 11.3. The molecule has 3 aromatic rings. The van der Waals surface area contributed by atoms with Crippen LogP contribution in [0, 0.1) is 18.6 Å². The fourth-order valence-electron chi connectivity index (χ4n) is 5.60. The number of carbonyl (C=O) groups is 1. The highest BCUT2D eigenvalue weighted by atomic mass is 35.5. The lowest BCUT2D eigenvalue weighted by Gasteiger charge is -2.44. The molecule has 1 amide bonds. The molecule has 0 spiro atoms. The van der Waals surface area contributed by atoms with Gasteiger partial charge in [0.15, 0.2) is 0 Å². The fourth-order valence-corrected chi connectivity index (χ4v) is 7.00.